The van der Waals surface area contributed by atoms with E-state index in [4.69, 9.17) is 9.97 Å². The van der Waals surface area contributed by atoms with Gasteiger partial charge in [-0.05, 0) is 54.9 Å². The van der Waals surface area contributed by atoms with Crippen LogP contribution >= 0.6 is 7.92 Å². The highest BCUT2D eigenvalue weighted by Crippen LogP contribution is 2.39. The molecule has 8 rings (SSSR count). The van der Waals surface area contributed by atoms with Crippen molar-refractivity contribution >= 4 is 73.1 Å². The van der Waals surface area contributed by atoms with Gasteiger partial charge in [0.1, 0.15) is 12.0 Å². The van der Waals surface area contributed by atoms with E-state index < -0.39 is 7.92 Å². The van der Waals surface area contributed by atoms with E-state index in [1.54, 1.807) is 6.33 Å². The Morgan fingerprint density at radius 2 is 1.47 bits per heavy atom. The van der Waals surface area contributed by atoms with Crippen LogP contribution in [0.5, 0.6) is 0 Å². The Kier molecular flexibility index (Phi) is 4.69. The lowest BCUT2D eigenvalue weighted by Crippen LogP contribution is -2.22. The molecule has 0 saturated heterocycles. The summed E-state index contributed by atoms with van der Waals surface area (Å²) in [7, 11) is -0.971. The van der Waals surface area contributed by atoms with E-state index in [0.717, 1.165) is 38.5 Å². The molecule has 0 radical (unpaired) electrons. The third-order valence-electron chi connectivity index (χ3n) is 7.05. The van der Waals surface area contributed by atoms with Crippen LogP contribution in [-0.2, 0) is 0 Å². The normalized spacial score (nSPS) is 12.6. The van der Waals surface area contributed by atoms with Gasteiger partial charge in [-0.2, -0.15) is 0 Å². The van der Waals surface area contributed by atoms with Crippen LogP contribution in [0.1, 0.15) is 0 Å². The van der Waals surface area contributed by atoms with Gasteiger partial charge in [-0.1, -0.05) is 42.5 Å². The maximum absolute atomic E-state index is 5.08. The van der Waals surface area contributed by atoms with Gasteiger partial charge in [0.15, 0.2) is 0 Å². The van der Waals surface area contributed by atoms with Gasteiger partial charge in [-0.3, -0.25) is 14.4 Å². The molecule has 38 heavy (non-hydrogen) atoms. The summed E-state index contributed by atoms with van der Waals surface area (Å²) in [4.78, 5) is 22.9. The molecule has 1 unspecified atom stereocenters. The molecule has 3 aromatic carbocycles. The van der Waals surface area contributed by atoms with E-state index in [1.165, 1.54) is 26.7 Å². The smallest absolute Gasteiger partial charge is 0.147 e. The van der Waals surface area contributed by atoms with Crippen molar-refractivity contribution in [3.8, 4) is 0 Å². The first-order valence-corrected chi connectivity index (χ1v) is 13.7. The first-order valence-electron chi connectivity index (χ1n) is 12.3. The Labute approximate surface area is 218 Å². The van der Waals surface area contributed by atoms with Crippen molar-refractivity contribution in [1.82, 2.24) is 29.3 Å². The molecule has 0 saturated carbocycles. The second-order valence-electron chi connectivity index (χ2n) is 9.16. The van der Waals surface area contributed by atoms with Gasteiger partial charge < -0.3 is 0 Å². The molecule has 0 N–H and O–H groups in total. The van der Waals surface area contributed by atoms with Gasteiger partial charge in [0.05, 0.1) is 22.1 Å². The van der Waals surface area contributed by atoms with Crippen LogP contribution in [0.25, 0.3) is 49.3 Å². The van der Waals surface area contributed by atoms with Crippen molar-refractivity contribution in [1.29, 1.82) is 0 Å². The van der Waals surface area contributed by atoms with E-state index in [2.05, 4.69) is 92.1 Å². The first kappa shape index (κ1) is 21.3. The Morgan fingerprint density at radius 1 is 0.632 bits per heavy atom. The number of imidazole rings is 1. The van der Waals surface area contributed by atoms with Crippen molar-refractivity contribution in [2.24, 2.45) is 0 Å². The molecule has 0 spiro atoms. The number of nitrogens with zero attached hydrogens (tertiary/aromatic N) is 6. The summed E-state index contributed by atoms with van der Waals surface area (Å²) in [5.41, 5.74) is 5.05. The fourth-order valence-electron chi connectivity index (χ4n) is 5.42. The van der Waals surface area contributed by atoms with Crippen LogP contribution in [-0.4, -0.2) is 29.3 Å². The molecule has 0 fully saturated rings. The lowest BCUT2D eigenvalue weighted by atomic mass is 10.1. The average Bonchev–Trinajstić information content (AvgIpc) is 3.38. The Balaban J connectivity index is 1.53. The molecule has 0 bridgehead atoms. The number of pyridine rings is 3. The van der Waals surface area contributed by atoms with Crippen molar-refractivity contribution in [2.75, 3.05) is 0 Å². The minimum atomic E-state index is -0.971. The SMILES string of the molecule is c1ccc2c(c1)nc1c3cncc(P(c4ccncc4)c4ccc5cncnc5c4)c3c3ccccc3n21. The number of aromatic nitrogens is 6. The van der Waals surface area contributed by atoms with Gasteiger partial charge in [0.25, 0.3) is 0 Å². The highest BCUT2D eigenvalue weighted by atomic mass is 31.1. The number of rotatable bonds is 3. The first-order chi connectivity index (χ1) is 18.9. The lowest BCUT2D eigenvalue weighted by Gasteiger charge is -2.22. The maximum Gasteiger partial charge on any atom is 0.147 e. The molecule has 0 aliphatic rings. The number of fused-ring (bicyclic) bond motifs is 9. The molecule has 5 aromatic heterocycles. The molecule has 178 valence electrons. The minimum absolute atomic E-state index is 0.921. The fraction of sp³-hybridized carbons (Fsp3) is 0. The fourth-order valence-corrected chi connectivity index (χ4v) is 7.83. The van der Waals surface area contributed by atoms with E-state index in [-0.39, 0.29) is 0 Å². The van der Waals surface area contributed by atoms with Crippen LogP contribution in [0, 0.1) is 0 Å². The van der Waals surface area contributed by atoms with Crippen molar-refractivity contribution in [3.63, 3.8) is 0 Å². The zero-order chi connectivity index (χ0) is 25.1. The summed E-state index contributed by atoms with van der Waals surface area (Å²) in [5, 5.41) is 8.02. The molecule has 0 amide bonds. The molecule has 6 nitrogen and oxygen atoms in total. The predicted molar refractivity (Wildman–Crippen MR) is 155 cm³/mol. The highest BCUT2D eigenvalue weighted by Gasteiger charge is 2.23. The predicted octanol–water partition coefficient (Wildman–Crippen LogP) is 5.29. The molecule has 5 heterocycles. The molecular weight excluding hydrogens is 487 g/mol. The van der Waals surface area contributed by atoms with Crippen LogP contribution in [0.4, 0.5) is 0 Å². The van der Waals surface area contributed by atoms with Gasteiger partial charge in [0, 0.05) is 57.8 Å². The third-order valence-corrected chi connectivity index (χ3v) is 9.48. The second-order valence-corrected chi connectivity index (χ2v) is 11.3. The zero-order valence-electron chi connectivity index (χ0n) is 20.1. The summed E-state index contributed by atoms with van der Waals surface area (Å²) in [6.45, 7) is 0. The van der Waals surface area contributed by atoms with Gasteiger partial charge in [-0.25, -0.2) is 15.0 Å². The topological polar surface area (TPSA) is 68.9 Å². The van der Waals surface area contributed by atoms with E-state index >= 15 is 0 Å². The Morgan fingerprint density at radius 3 is 2.39 bits per heavy atom. The number of hydrogen-bond acceptors (Lipinski definition) is 5. The molecule has 0 aliphatic heterocycles. The minimum Gasteiger partial charge on any atom is -0.292 e. The number of benzene rings is 3. The van der Waals surface area contributed by atoms with Crippen molar-refractivity contribution < 1.29 is 0 Å². The van der Waals surface area contributed by atoms with E-state index in [0.29, 0.717) is 0 Å². The molecular formula is C31H19N6P. The molecule has 1 atom stereocenters. The summed E-state index contributed by atoms with van der Waals surface area (Å²) < 4.78 is 2.26. The quantitative estimate of drug-likeness (QED) is 0.241. The highest BCUT2D eigenvalue weighted by molar-refractivity contribution is 7.80. The number of para-hydroxylation sites is 3. The summed E-state index contributed by atoms with van der Waals surface area (Å²) in [5.74, 6) is 0. The Bertz CT molecular complexity index is 2160. The van der Waals surface area contributed by atoms with Gasteiger partial charge in [-0.15, -0.1) is 0 Å². The zero-order valence-corrected chi connectivity index (χ0v) is 21.0. The van der Waals surface area contributed by atoms with Crippen molar-refractivity contribution in [2.45, 2.75) is 0 Å². The van der Waals surface area contributed by atoms with Crippen LogP contribution < -0.4 is 15.9 Å². The third kappa shape index (κ3) is 3.14. The Hall–Kier alpha value is -4.80. The van der Waals surface area contributed by atoms with Crippen LogP contribution in [0.15, 0.2) is 116 Å². The summed E-state index contributed by atoms with van der Waals surface area (Å²) in [6.07, 6.45) is 11.2. The largest absolute Gasteiger partial charge is 0.292 e. The van der Waals surface area contributed by atoms with Crippen LogP contribution in [0.3, 0.4) is 0 Å². The van der Waals surface area contributed by atoms with E-state index in [9.17, 15) is 0 Å². The van der Waals surface area contributed by atoms with Crippen LogP contribution in [0.2, 0.25) is 0 Å². The molecule has 0 aliphatic carbocycles. The molecule has 7 heteroatoms. The average molecular weight is 507 g/mol. The van der Waals surface area contributed by atoms with Gasteiger partial charge in [0.2, 0.25) is 0 Å². The lowest BCUT2D eigenvalue weighted by molar-refractivity contribution is 1.22. The monoisotopic (exact) mass is 506 g/mol. The standard InChI is InChI=1S/C31H19N6P/c1-3-7-27-23(5-1)30-24(31-36-25-6-2-4-8-28(25)37(27)31)17-33-18-29(30)38(21-11-13-32-14-12-21)22-10-9-20-16-34-19-35-26(20)15-22/h1-19H. The summed E-state index contributed by atoms with van der Waals surface area (Å²) >= 11 is 0. The maximum atomic E-state index is 5.08. The van der Waals surface area contributed by atoms with Crippen molar-refractivity contribution in [3.05, 3.63) is 116 Å². The van der Waals surface area contributed by atoms with E-state index in [1.807, 2.05) is 37.1 Å². The molecule has 8 aromatic rings. The van der Waals surface area contributed by atoms with Gasteiger partial charge >= 0.3 is 0 Å². The second kappa shape index (κ2) is 8.37. The summed E-state index contributed by atoms with van der Waals surface area (Å²) in [6, 6.07) is 27.6. The number of hydrogen-bond donors (Lipinski definition) is 0.